The highest BCUT2D eigenvalue weighted by Gasteiger charge is 2.22. The van der Waals surface area contributed by atoms with E-state index < -0.39 is 5.82 Å². The minimum Gasteiger partial charge on any atom is -0.438 e. The van der Waals surface area contributed by atoms with Crippen LogP contribution in [-0.2, 0) is 12.8 Å². The number of ether oxygens (including phenoxy) is 1. The summed E-state index contributed by atoms with van der Waals surface area (Å²) in [7, 11) is 0. The molecule has 6 heteroatoms. The molecule has 1 aromatic carbocycles. The monoisotopic (exact) mass is 320 g/mol. The molecule has 0 saturated heterocycles. The van der Waals surface area contributed by atoms with Crippen molar-refractivity contribution in [2.75, 3.05) is 0 Å². The highest BCUT2D eigenvalue weighted by atomic mass is 35.5. The Morgan fingerprint density at radius 3 is 3.00 bits per heavy atom. The van der Waals surface area contributed by atoms with Gasteiger partial charge < -0.3 is 4.74 Å². The lowest BCUT2D eigenvalue weighted by atomic mass is 10.2. The number of hydrogen-bond donors (Lipinski definition) is 0. The van der Waals surface area contributed by atoms with Crippen LogP contribution in [0.25, 0.3) is 10.2 Å². The number of aromatic nitrogens is 2. The van der Waals surface area contributed by atoms with Gasteiger partial charge in [0.1, 0.15) is 22.7 Å². The molecular weight excluding hydrogens is 311 g/mol. The third-order valence-electron chi connectivity index (χ3n) is 3.57. The van der Waals surface area contributed by atoms with Crippen molar-refractivity contribution in [3.05, 3.63) is 45.8 Å². The Bertz CT molecular complexity index is 849. The first-order valence-corrected chi connectivity index (χ1v) is 7.80. The van der Waals surface area contributed by atoms with E-state index in [0.717, 1.165) is 29.5 Å². The molecule has 0 saturated carbocycles. The van der Waals surface area contributed by atoms with Crippen LogP contribution in [0.4, 0.5) is 4.39 Å². The Labute approximate surface area is 129 Å². The second-order valence-electron chi connectivity index (χ2n) is 4.89. The second kappa shape index (κ2) is 4.93. The standard InChI is InChI=1S/C15H10ClFN2OS/c16-10-6-8(4-5-11(10)17)20-14-13-9-2-1-3-12(9)21-15(13)19-7-18-14/h4-7H,1-3H2. The van der Waals surface area contributed by atoms with Gasteiger partial charge >= 0.3 is 0 Å². The van der Waals surface area contributed by atoms with Crippen LogP contribution in [0, 0.1) is 5.82 Å². The maximum absolute atomic E-state index is 13.2. The first-order chi connectivity index (χ1) is 10.2. The molecule has 0 bridgehead atoms. The smallest absolute Gasteiger partial charge is 0.231 e. The molecule has 106 valence electrons. The van der Waals surface area contributed by atoms with E-state index in [1.54, 1.807) is 17.4 Å². The summed E-state index contributed by atoms with van der Waals surface area (Å²) < 4.78 is 19.0. The number of nitrogens with zero attached hydrogens (tertiary/aromatic N) is 2. The van der Waals surface area contributed by atoms with Crippen LogP contribution in [0.2, 0.25) is 5.02 Å². The lowest BCUT2D eigenvalue weighted by molar-refractivity contribution is 0.466. The van der Waals surface area contributed by atoms with Gasteiger partial charge in [0, 0.05) is 10.9 Å². The fourth-order valence-electron chi connectivity index (χ4n) is 2.63. The largest absolute Gasteiger partial charge is 0.438 e. The molecule has 2 aromatic heterocycles. The van der Waals surface area contributed by atoms with Gasteiger partial charge in [0.05, 0.1) is 10.4 Å². The zero-order valence-corrected chi connectivity index (χ0v) is 12.5. The summed E-state index contributed by atoms with van der Waals surface area (Å²) in [5.74, 6) is 0.523. The van der Waals surface area contributed by atoms with Crippen LogP contribution in [-0.4, -0.2) is 9.97 Å². The molecule has 0 amide bonds. The highest BCUT2D eigenvalue weighted by Crippen LogP contribution is 2.41. The predicted octanol–water partition coefficient (Wildman–Crippen LogP) is 4.76. The lowest BCUT2D eigenvalue weighted by Gasteiger charge is -2.07. The number of thiophene rings is 1. The van der Waals surface area contributed by atoms with Crippen LogP contribution >= 0.6 is 22.9 Å². The molecule has 0 radical (unpaired) electrons. The van der Waals surface area contributed by atoms with Crippen molar-refractivity contribution < 1.29 is 9.13 Å². The van der Waals surface area contributed by atoms with Gasteiger partial charge in [-0.15, -0.1) is 11.3 Å². The Kier molecular flexibility index (Phi) is 3.05. The summed E-state index contributed by atoms with van der Waals surface area (Å²) in [4.78, 5) is 10.9. The predicted molar refractivity (Wildman–Crippen MR) is 80.9 cm³/mol. The summed E-state index contributed by atoms with van der Waals surface area (Å²) in [6.45, 7) is 0. The number of halogens is 2. The minimum atomic E-state index is -0.465. The minimum absolute atomic E-state index is 0.0355. The number of rotatable bonds is 2. The zero-order valence-electron chi connectivity index (χ0n) is 10.9. The lowest BCUT2D eigenvalue weighted by Crippen LogP contribution is -1.92. The van der Waals surface area contributed by atoms with Crippen molar-refractivity contribution in [1.82, 2.24) is 9.97 Å². The van der Waals surface area contributed by atoms with Crippen LogP contribution in [0.3, 0.4) is 0 Å². The highest BCUT2D eigenvalue weighted by molar-refractivity contribution is 7.18. The third-order valence-corrected chi connectivity index (χ3v) is 5.06. The summed E-state index contributed by atoms with van der Waals surface area (Å²) in [5.41, 5.74) is 1.29. The van der Waals surface area contributed by atoms with Crippen molar-refractivity contribution in [2.45, 2.75) is 19.3 Å². The van der Waals surface area contributed by atoms with E-state index >= 15 is 0 Å². The van der Waals surface area contributed by atoms with E-state index in [9.17, 15) is 4.39 Å². The van der Waals surface area contributed by atoms with Crippen molar-refractivity contribution in [2.24, 2.45) is 0 Å². The number of aryl methyl sites for hydroxylation is 2. The van der Waals surface area contributed by atoms with Crippen LogP contribution in [0.15, 0.2) is 24.5 Å². The van der Waals surface area contributed by atoms with Gasteiger partial charge in [0.25, 0.3) is 0 Å². The Morgan fingerprint density at radius 1 is 1.24 bits per heavy atom. The molecule has 0 atom stereocenters. The molecule has 1 aliphatic rings. The Hall–Kier alpha value is -1.72. The van der Waals surface area contributed by atoms with E-state index in [1.165, 1.54) is 28.9 Å². The number of benzene rings is 1. The maximum Gasteiger partial charge on any atom is 0.231 e. The van der Waals surface area contributed by atoms with Crippen molar-refractivity contribution in [1.29, 1.82) is 0 Å². The fourth-order valence-corrected chi connectivity index (χ4v) is 4.02. The van der Waals surface area contributed by atoms with Crippen LogP contribution in [0.5, 0.6) is 11.6 Å². The summed E-state index contributed by atoms with van der Waals surface area (Å²) >= 11 is 7.48. The van der Waals surface area contributed by atoms with Crippen LogP contribution in [0.1, 0.15) is 16.9 Å². The van der Waals surface area contributed by atoms with Gasteiger partial charge in [0.15, 0.2) is 0 Å². The van der Waals surface area contributed by atoms with Gasteiger partial charge in [-0.1, -0.05) is 11.6 Å². The van der Waals surface area contributed by atoms with Crippen molar-refractivity contribution in [3.63, 3.8) is 0 Å². The molecule has 21 heavy (non-hydrogen) atoms. The molecule has 4 rings (SSSR count). The zero-order chi connectivity index (χ0) is 14.4. The van der Waals surface area contributed by atoms with Gasteiger partial charge in [-0.2, -0.15) is 0 Å². The summed E-state index contributed by atoms with van der Waals surface area (Å²) in [6, 6.07) is 4.28. The summed E-state index contributed by atoms with van der Waals surface area (Å²) in [6.07, 6.45) is 4.78. The summed E-state index contributed by atoms with van der Waals surface area (Å²) in [5, 5.41) is 1.02. The van der Waals surface area contributed by atoms with E-state index in [4.69, 9.17) is 16.3 Å². The van der Waals surface area contributed by atoms with E-state index in [1.807, 2.05) is 0 Å². The van der Waals surface area contributed by atoms with Crippen molar-refractivity contribution >= 4 is 33.2 Å². The Morgan fingerprint density at radius 2 is 2.14 bits per heavy atom. The van der Waals surface area contributed by atoms with Gasteiger partial charge in [0.2, 0.25) is 5.88 Å². The molecule has 0 N–H and O–H groups in total. The molecule has 0 fully saturated rings. The first-order valence-electron chi connectivity index (χ1n) is 6.60. The molecular formula is C15H10ClFN2OS. The molecule has 3 nitrogen and oxygen atoms in total. The molecule has 3 aromatic rings. The normalized spacial score (nSPS) is 13.6. The second-order valence-corrected chi connectivity index (χ2v) is 6.39. The van der Waals surface area contributed by atoms with Gasteiger partial charge in [-0.05, 0) is 37.0 Å². The quantitative estimate of drug-likeness (QED) is 0.682. The molecule has 0 spiro atoms. The van der Waals surface area contributed by atoms with Gasteiger partial charge in [-0.3, -0.25) is 0 Å². The third kappa shape index (κ3) is 2.17. The Balaban J connectivity index is 1.81. The molecule has 1 aliphatic carbocycles. The van der Waals surface area contributed by atoms with Crippen LogP contribution < -0.4 is 4.74 Å². The average molecular weight is 321 g/mol. The SMILES string of the molecule is Fc1ccc(Oc2ncnc3sc4c(c23)CCC4)cc1Cl. The topological polar surface area (TPSA) is 35.0 Å². The van der Waals surface area contributed by atoms with E-state index in [-0.39, 0.29) is 5.02 Å². The van der Waals surface area contributed by atoms with E-state index in [2.05, 4.69) is 9.97 Å². The van der Waals surface area contributed by atoms with E-state index in [0.29, 0.717) is 11.6 Å². The molecule has 0 unspecified atom stereocenters. The number of fused-ring (bicyclic) bond motifs is 3. The fraction of sp³-hybridized carbons (Fsp3) is 0.200. The van der Waals surface area contributed by atoms with Gasteiger partial charge in [-0.25, -0.2) is 14.4 Å². The first kappa shape index (κ1) is 13.0. The molecule has 2 heterocycles. The average Bonchev–Trinajstić information content (AvgIpc) is 3.03. The molecule has 0 aliphatic heterocycles. The number of hydrogen-bond acceptors (Lipinski definition) is 4. The maximum atomic E-state index is 13.2. The van der Waals surface area contributed by atoms with Crippen molar-refractivity contribution in [3.8, 4) is 11.6 Å².